The van der Waals surface area contributed by atoms with Gasteiger partial charge < -0.3 is 10.2 Å². The molecule has 0 atom stereocenters. The maximum absolute atomic E-state index is 12.1. The lowest BCUT2D eigenvalue weighted by Crippen LogP contribution is -2.51. The first kappa shape index (κ1) is 13.2. The molecule has 0 bridgehead atoms. The van der Waals surface area contributed by atoms with Gasteiger partial charge in [-0.05, 0) is 44.8 Å². The van der Waals surface area contributed by atoms with E-state index in [-0.39, 0.29) is 5.91 Å². The van der Waals surface area contributed by atoms with Gasteiger partial charge in [0.2, 0.25) is 5.91 Å². The molecule has 1 heterocycles. The number of carbonyl (C=O) groups excluding carboxylic acids is 1. The van der Waals surface area contributed by atoms with Crippen molar-refractivity contribution < 1.29 is 4.79 Å². The third kappa shape index (κ3) is 2.83. The zero-order valence-corrected chi connectivity index (χ0v) is 11.4. The highest BCUT2D eigenvalue weighted by atomic mass is 32.1. The van der Waals surface area contributed by atoms with Crippen LogP contribution in [0.1, 0.15) is 24.3 Å². The number of carbonyl (C=O) groups is 1. The number of hydrogen-bond acceptors (Lipinski definition) is 3. The van der Waals surface area contributed by atoms with Gasteiger partial charge in [0.05, 0.1) is 12.1 Å². The predicted molar refractivity (Wildman–Crippen MR) is 68.7 cm³/mol. The Labute approximate surface area is 101 Å². The lowest BCUT2D eigenvalue weighted by Gasteiger charge is -2.28. The van der Waals surface area contributed by atoms with Crippen molar-refractivity contribution in [3.05, 3.63) is 21.9 Å². The number of likely N-dealkylation sites (N-methyl/N-ethyl adjacent to an activating group) is 2. The van der Waals surface area contributed by atoms with E-state index in [0.29, 0.717) is 6.54 Å². The van der Waals surface area contributed by atoms with E-state index in [2.05, 4.69) is 23.7 Å². The molecule has 16 heavy (non-hydrogen) atoms. The van der Waals surface area contributed by atoms with Gasteiger partial charge in [0.1, 0.15) is 0 Å². The predicted octanol–water partition coefficient (Wildman–Crippen LogP) is 2.01. The number of rotatable bonds is 4. The Morgan fingerprint density at radius 3 is 2.62 bits per heavy atom. The van der Waals surface area contributed by atoms with Crippen LogP contribution in [0.15, 0.2) is 11.4 Å². The minimum absolute atomic E-state index is 0.114. The van der Waals surface area contributed by atoms with Crippen LogP contribution in [0.5, 0.6) is 0 Å². The van der Waals surface area contributed by atoms with Gasteiger partial charge in [0, 0.05) is 11.9 Å². The summed E-state index contributed by atoms with van der Waals surface area (Å²) in [5, 5.41) is 5.09. The largest absolute Gasteiger partial charge is 0.339 e. The fourth-order valence-corrected chi connectivity index (χ4v) is 2.40. The lowest BCUT2D eigenvalue weighted by atomic mass is 10.0. The summed E-state index contributed by atoms with van der Waals surface area (Å²) in [7, 11) is 3.66. The summed E-state index contributed by atoms with van der Waals surface area (Å²) in [6, 6.07) is 2.08. The van der Waals surface area contributed by atoms with E-state index in [1.807, 2.05) is 27.9 Å². The summed E-state index contributed by atoms with van der Waals surface area (Å²) in [6.45, 7) is 6.56. The number of hydrogen-bond donors (Lipinski definition) is 1. The van der Waals surface area contributed by atoms with Crippen molar-refractivity contribution in [2.24, 2.45) is 0 Å². The van der Waals surface area contributed by atoms with Gasteiger partial charge in [-0.15, -0.1) is 11.3 Å². The normalized spacial score (nSPS) is 11.6. The molecule has 1 aromatic rings. The Balaban J connectivity index is 2.70. The molecule has 0 unspecified atom stereocenters. The number of nitrogens with one attached hydrogen (secondary N) is 1. The quantitative estimate of drug-likeness (QED) is 0.873. The van der Waals surface area contributed by atoms with Crippen molar-refractivity contribution in [3.8, 4) is 0 Å². The van der Waals surface area contributed by atoms with Crippen LogP contribution in [0.25, 0.3) is 0 Å². The van der Waals surface area contributed by atoms with Gasteiger partial charge in [0.25, 0.3) is 0 Å². The second-order valence-corrected chi connectivity index (χ2v) is 5.56. The summed E-state index contributed by atoms with van der Waals surface area (Å²) < 4.78 is 0. The van der Waals surface area contributed by atoms with Gasteiger partial charge in [-0.25, -0.2) is 0 Å². The maximum atomic E-state index is 12.1. The van der Waals surface area contributed by atoms with Crippen molar-refractivity contribution in [3.63, 3.8) is 0 Å². The molecule has 1 N–H and O–H groups in total. The fourth-order valence-electron chi connectivity index (χ4n) is 1.44. The lowest BCUT2D eigenvalue weighted by molar-refractivity contribution is -0.136. The summed E-state index contributed by atoms with van der Waals surface area (Å²) in [4.78, 5) is 15.1. The number of amides is 1. The second-order valence-electron chi connectivity index (χ2n) is 4.56. The Morgan fingerprint density at radius 2 is 2.19 bits per heavy atom. The topological polar surface area (TPSA) is 32.3 Å². The van der Waals surface area contributed by atoms with E-state index in [4.69, 9.17) is 0 Å². The Bertz CT molecular complexity index is 371. The molecule has 0 saturated heterocycles. The smallest absolute Gasteiger partial charge is 0.242 e. The van der Waals surface area contributed by atoms with Crippen molar-refractivity contribution in [1.82, 2.24) is 10.2 Å². The number of nitrogens with zero attached hydrogens (tertiary/aromatic N) is 1. The number of thiophene rings is 1. The molecule has 1 aromatic heterocycles. The van der Waals surface area contributed by atoms with E-state index in [0.717, 1.165) is 0 Å². The highest BCUT2D eigenvalue weighted by Crippen LogP contribution is 2.18. The van der Waals surface area contributed by atoms with Crippen LogP contribution in [0.4, 0.5) is 0 Å². The van der Waals surface area contributed by atoms with E-state index in [9.17, 15) is 4.79 Å². The van der Waals surface area contributed by atoms with Crippen LogP contribution in [0, 0.1) is 6.92 Å². The molecule has 1 rings (SSSR count). The first-order valence-electron chi connectivity index (χ1n) is 5.36. The Hall–Kier alpha value is -0.870. The Morgan fingerprint density at radius 1 is 1.56 bits per heavy atom. The van der Waals surface area contributed by atoms with E-state index < -0.39 is 5.54 Å². The Kier molecular flexibility index (Phi) is 4.10. The van der Waals surface area contributed by atoms with Crippen LogP contribution in [0.3, 0.4) is 0 Å². The molecule has 0 saturated carbocycles. The van der Waals surface area contributed by atoms with E-state index in [1.54, 1.807) is 16.2 Å². The van der Waals surface area contributed by atoms with Crippen molar-refractivity contribution in [2.75, 3.05) is 14.1 Å². The third-order valence-corrected chi connectivity index (χ3v) is 3.86. The average molecular weight is 240 g/mol. The summed E-state index contributed by atoms with van der Waals surface area (Å²) >= 11 is 1.70. The fraction of sp³-hybridized carbons (Fsp3) is 0.583. The van der Waals surface area contributed by atoms with Crippen LogP contribution in [0.2, 0.25) is 0 Å². The van der Waals surface area contributed by atoms with Crippen LogP contribution >= 0.6 is 11.3 Å². The molecule has 90 valence electrons. The highest BCUT2D eigenvalue weighted by molar-refractivity contribution is 7.10. The van der Waals surface area contributed by atoms with Crippen LogP contribution < -0.4 is 5.32 Å². The first-order chi connectivity index (χ1) is 7.38. The molecule has 0 aromatic carbocycles. The van der Waals surface area contributed by atoms with Gasteiger partial charge in [-0.1, -0.05) is 0 Å². The van der Waals surface area contributed by atoms with Gasteiger partial charge in [-0.3, -0.25) is 4.79 Å². The van der Waals surface area contributed by atoms with Crippen molar-refractivity contribution in [2.45, 2.75) is 32.9 Å². The van der Waals surface area contributed by atoms with Gasteiger partial charge in [0.15, 0.2) is 0 Å². The molecular weight excluding hydrogens is 220 g/mol. The molecule has 4 heteroatoms. The van der Waals surface area contributed by atoms with E-state index >= 15 is 0 Å². The van der Waals surface area contributed by atoms with E-state index in [1.165, 1.54) is 10.4 Å². The zero-order valence-electron chi connectivity index (χ0n) is 10.6. The SMILES string of the molecule is CNC(C)(C)C(=O)N(C)Cc1sccc1C. The minimum atomic E-state index is -0.500. The van der Waals surface area contributed by atoms with Crippen LogP contribution in [-0.4, -0.2) is 30.4 Å². The molecule has 0 radical (unpaired) electrons. The molecule has 0 fully saturated rings. The standard InChI is InChI=1S/C12H20N2OS/c1-9-6-7-16-10(9)8-14(5)11(15)12(2,3)13-4/h6-7,13H,8H2,1-5H3. The van der Waals surface area contributed by atoms with Crippen molar-refractivity contribution in [1.29, 1.82) is 0 Å². The monoisotopic (exact) mass is 240 g/mol. The highest BCUT2D eigenvalue weighted by Gasteiger charge is 2.28. The number of aryl methyl sites for hydroxylation is 1. The zero-order chi connectivity index (χ0) is 12.3. The molecule has 0 aliphatic rings. The molecule has 3 nitrogen and oxygen atoms in total. The molecule has 0 aliphatic heterocycles. The summed E-state index contributed by atoms with van der Waals surface area (Å²) in [5.74, 6) is 0.114. The molecule has 1 amide bonds. The van der Waals surface area contributed by atoms with Crippen molar-refractivity contribution >= 4 is 17.2 Å². The first-order valence-corrected chi connectivity index (χ1v) is 6.24. The average Bonchev–Trinajstić information content (AvgIpc) is 2.63. The summed E-state index contributed by atoms with van der Waals surface area (Å²) in [6.07, 6.45) is 0. The maximum Gasteiger partial charge on any atom is 0.242 e. The van der Waals surface area contributed by atoms with Crippen LogP contribution in [-0.2, 0) is 11.3 Å². The minimum Gasteiger partial charge on any atom is -0.339 e. The summed E-state index contributed by atoms with van der Waals surface area (Å²) in [5.41, 5.74) is 0.756. The molecule has 0 aliphatic carbocycles. The molecular formula is C12H20N2OS. The van der Waals surface area contributed by atoms with Gasteiger partial charge in [-0.2, -0.15) is 0 Å². The van der Waals surface area contributed by atoms with Gasteiger partial charge >= 0.3 is 0 Å². The molecule has 0 spiro atoms. The second kappa shape index (κ2) is 4.97. The third-order valence-electron chi connectivity index (χ3n) is 2.86.